The van der Waals surface area contributed by atoms with Crippen LogP contribution in [0.4, 0.5) is 17.1 Å². The molecule has 64 heavy (non-hydrogen) atoms. The summed E-state index contributed by atoms with van der Waals surface area (Å²) >= 11 is 7.90. The second-order valence-electron chi connectivity index (χ2n) is 18.2. The van der Waals surface area contributed by atoms with Crippen molar-refractivity contribution in [2.45, 2.75) is 80.1 Å². The Morgan fingerprint density at radius 3 is 2.20 bits per heavy atom. The number of carbonyl (C=O) groups excluding carboxylic acids is 1. The third-order valence-corrected chi connectivity index (χ3v) is 19.5. The number of halogens is 1. The van der Waals surface area contributed by atoms with Gasteiger partial charge in [0.25, 0.3) is 21.6 Å². The van der Waals surface area contributed by atoms with Crippen molar-refractivity contribution in [3.05, 3.63) is 148 Å². The first-order chi connectivity index (χ1) is 30.3. The van der Waals surface area contributed by atoms with Gasteiger partial charge in [0.15, 0.2) is 8.32 Å². The number of nitro benzene ring substituents is 1. The number of amides is 1. The number of carbonyl (C=O) groups is 1. The molecule has 5 aromatic rings. The third-order valence-electron chi connectivity index (χ3n) is 12.3. The van der Waals surface area contributed by atoms with E-state index in [2.05, 4.69) is 85.2 Å². The van der Waals surface area contributed by atoms with E-state index in [9.17, 15) is 23.3 Å². The summed E-state index contributed by atoms with van der Waals surface area (Å²) in [4.78, 5) is 30.1. The average molecular weight is 943 g/mol. The number of piperidine rings is 1. The predicted molar refractivity (Wildman–Crippen MR) is 265 cm³/mol. The van der Waals surface area contributed by atoms with E-state index in [1.807, 2.05) is 73.6 Å². The van der Waals surface area contributed by atoms with Gasteiger partial charge in [-0.3, -0.25) is 14.9 Å². The monoisotopic (exact) mass is 941 g/mol. The molecule has 0 bridgehead atoms. The molecule has 0 radical (unpaired) electrons. The minimum Gasteiger partial charge on any atom is -0.410 e. The van der Waals surface area contributed by atoms with Crippen molar-refractivity contribution in [3.63, 3.8) is 0 Å². The fourth-order valence-corrected chi connectivity index (χ4v) is 11.0. The number of nitrogens with one attached hydrogen (secondary N) is 2. The second-order valence-corrected chi connectivity index (χ2v) is 26.2. The molecule has 6 rings (SSSR count). The van der Waals surface area contributed by atoms with Gasteiger partial charge in [-0.05, 0) is 141 Å². The minimum atomic E-state index is -4.46. The maximum absolute atomic E-state index is 13.5. The number of hydrogen-bond donors (Lipinski definition) is 2. The van der Waals surface area contributed by atoms with Gasteiger partial charge in [0, 0.05) is 52.1 Å². The van der Waals surface area contributed by atoms with Gasteiger partial charge in [0.05, 0.1) is 15.9 Å². The Morgan fingerprint density at radius 2 is 1.58 bits per heavy atom. The van der Waals surface area contributed by atoms with Gasteiger partial charge in [-0.1, -0.05) is 87.0 Å². The number of benzene rings is 5. The first-order valence-corrected chi connectivity index (χ1v) is 27.4. The van der Waals surface area contributed by atoms with Gasteiger partial charge < -0.3 is 19.5 Å². The summed E-state index contributed by atoms with van der Waals surface area (Å²) in [7, 11) is -2.73. The maximum Gasteiger partial charge on any atom is 0.293 e. The molecule has 11 nitrogen and oxygen atoms in total. The molecule has 1 fully saturated rings. The van der Waals surface area contributed by atoms with Gasteiger partial charge in [-0.15, -0.1) is 11.8 Å². The molecule has 2 N–H and O–H groups in total. The summed E-state index contributed by atoms with van der Waals surface area (Å²) in [5.74, 6) is 0.0651. The Morgan fingerprint density at radius 1 is 0.938 bits per heavy atom. The van der Waals surface area contributed by atoms with Gasteiger partial charge in [-0.25, -0.2) is 13.1 Å². The number of nitrogens with zero attached hydrogens (tertiary/aromatic N) is 3. The number of anilines is 2. The Bertz CT molecular complexity index is 2480. The number of nitro groups is 1. The van der Waals surface area contributed by atoms with Crippen molar-refractivity contribution in [2.24, 2.45) is 5.92 Å². The van der Waals surface area contributed by atoms with E-state index in [1.54, 1.807) is 23.9 Å². The van der Waals surface area contributed by atoms with Gasteiger partial charge in [0.2, 0.25) is 0 Å². The first kappa shape index (κ1) is 48.7. The van der Waals surface area contributed by atoms with Gasteiger partial charge in [-0.2, -0.15) is 0 Å². The smallest absolute Gasteiger partial charge is 0.293 e. The topological polar surface area (TPSA) is 134 Å². The van der Waals surface area contributed by atoms with Crippen LogP contribution in [0.1, 0.15) is 62.1 Å². The molecule has 0 aliphatic carbocycles. The third kappa shape index (κ3) is 12.5. The van der Waals surface area contributed by atoms with Crippen molar-refractivity contribution in [1.29, 1.82) is 0 Å². The highest BCUT2D eigenvalue weighted by Gasteiger charge is 2.42. The Labute approximate surface area is 389 Å². The summed E-state index contributed by atoms with van der Waals surface area (Å²) in [6.07, 6.45) is 2.37. The largest absolute Gasteiger partial charge is 0.410 e. The highest BCUT2D eigenvalue weighted by Crippen LogP contribution is 2.46. The van der Waals surface area contributed by atoms with Crippen molar-refractivity contribution in [1.82, 2.24) is 9.62 Å². The number of thioether (sulfide) groups is 1. The first-order valence-electron chi connectivity index (χ1n) is 21.6. The van der Waals surface area contributed by atoms with E-state index >= 15 is 0 Å². The fraction of sp³-hybridized carbons (Fsp3) is 0.367. The van der Waals surface area contributed by atoms with Crippen LogP contribution >= 0.6 is 23.4 Å². The van der Waals surface area contributed by atoms with Crippen LogP contribution in [-0.2, 0) is 14.4 Å². The van der Waals surface area contributed by atoms with Crippen LogP contribution in [0.3, 0.4) is 0 Å². The summed E-state index contributed by atoms with van der Waals surface area (Å²) in [6, 6.07) is 36.7. The zero-order valence-corrected chi connectivity index (χ0v) is 41.1. The maximum atomic E-state index is 13.5. The van der Waals surface area contributed by atoms with E-state index in [0.717, 1.165) is 60.3 Å². The summed E-state index contributed by atoms with van der Waals surface area (Å²) in [5, 5.41) is 16.3. The van der Waals surface area contributed by atoms with E-state index in [1.165, 1.54) is 17.7 Å². The SMILES string of the molecule is CN(C)CC[C@H](CSc1ccccc1)Nc1ccc(S(=O)(=O)NC(=O)c2ccc(N3CCC(C(O[Si](C)(C)C(C)(C)C)c4ccccc4-c4ccc(Cl)cc4)CC3)cc2)cc1[N+](=O)[O-]. The van der Waals surface area contributed by atoms with Crippen molar-refractivity contribution in [2.75, 3.05) is 49.7 Å². The Kier molecular flexibility index (Phi) is 16.1. The zero-order valence-electron chi connectivity index (χ0n) is 37.7. The fourth-order valence-electron chi connectivity index (χ4n) is 7.57. The van der Waals surface area contributed by atoms with Crippen LogP contribution in [0, 0.1) is 16.0 Å². The van der Waals surface area contributed by atoms with Crippen LogP contribution in [-0.4, -0.2) is 78.0 Å². The molecular formula is C49H60ClN5O6S2Si. The van der Waals surface area contributed by atoms with E-state index < -0.39 is 34.9 Å². The van der Waals surface area contributed by atoms with Crippen molar-refractivity contribution < 1.29 is 22.6 Å². The zero-order chi connectivity index (χ0) is 46.2. The molecule has 15 heteroatoms. The van der Waals surface area contributed by atoms with Gasteiger partial charge in [0.1, 0.15) is 5.69 Å². The predicted octanol–water partition coefficient (Wildman–Crippen LogP) is 11.5. The molecule has 1 aliphatic rings. The number of sulfonamides is 1. The molecule has 1 heterocycles. The van der Waals surface area contributed by atoms with Crippen LogP contribution in [0.2, 0.25) is 23.2 Å². The van der Waals surface area contributed by atoms with Crippen LogP contribution in [0.5, 0.6) is 0 Å². The van der Waals surface area contributed by atoms with E-state index in [0.29, 0.717) is 17.2 Å². The highest BCUT2D eigenvalue weighted by atomic mass is 35.5. The molecule has 1 amide bonds. The normalized spacial score (nSPS) is 14.9. The lowest BCUT2D eigenvalue weighted by molar-refractivity contribution is -0.384. The molecule has 2 atom stereocenters. The van der Waals surface area contributed by atoms with E-state index in [-0.39, 0.29) is 39.2 Å². The Hall–Kier alpha value is -4.70. The van der Waals surface area contributed by atoms with Crippen LogP contribution < -0.4 is 14.9 Å². The van der Waals surface area contributed by atoms with Crippen LogP contribution in [0.25, 0.3) is 11.1 Å². The Balaban J connectivity index is 1.12. The highest BCUT2D eigenvalue weighted by molar-refractivity contribution is 7.99. The molecule has 5 aromatic carbocycles. The molecule has 0 saturated carbocycles. The summed E-state index contributed by atoms with van der Waals surface area (Å²) in [6.45, 7) is 13.7. The second kappa shape index (κ2) is 21.1. The van der Waals surface area contributed by atoms with Crippen LogP contribution in [0.15, 0.2) is 131 Å². The molecule has 1 aliphatic heterocycles. The lowest BCUT2D eigenvalue weighted by atomic mass is 9.84. The van der Waals surface area contributed by atoms with Crippen molar-refractivity contribution >= 4 is 64.7 Å². The standard InChI is InChI=1S/C49H60ClN5O6S2Si/c1-49(2,3)64(6,7)61-47(44-16-12-11-15-43(44)35-17-21-38(50)22-18-35)36-27-31-54(32-28-36)40-23-19-37(20-24-40)48(56)52-63(59,60)42-25-26-45(46(33-42)55(57)58)51-39(29-30-53(4)5)34-62-41-13-9-8-10-14-41/h8-26,33,36,39,47,51H,27-32,34H2,1-7H3,(H,52,56)/t39-,47?/m1/s1. The minimum absolute atomic E-state index is 0.0202. The quantitative estimate of drug-likeness (QED) is 0.0378. The summed E-state index contributed by atoms with van der Waals surface area (Å²) < 4.78 is 36.5. The molecule has 340 valence electrons. The summed E-state index contributed by atoms with van der Waals surface area (Å²) in [5.41, 5.74) is 4.29. The molecule has 1 saturated heterocycles. The molecule has 0 aromatic heterocycles. The lowest BCUT2D eigenvalue weighted by Crippen LogP contribution is -2.45. The molecule has 0 spiro atoms. The average Bonchev–Trinajstić information content (AvgIpc) is 3.26. The van der Waals surface area contributed by atoms with Gasteiger partial charge >= 0.3 is 0 Å². The van der Waals surface area contributed by atoms with Crippen molar-refractivity contribution in [3.8, 4) is 11.1 Å². The molecular weight excluding hydrogens is 882 g/mol. The number of hydrogen-bond acceptors (Lipinski definition) is 10. The van der Waals surface area contributed by atoms with E-state index in [4.69, 9.17) is 16.0 Å². The lowest BCUT2D eigenvalue weighted by Gasteiger charge is -2.44. The number of rotatable bonds is 18. The molecule has 1 unspecified atom stereocenters.